The number of halogens is 1. The summed E-state index contributed by atoms with van der Waals surface area (Å²) in [4.78, 5) is 29.8. The summed E-state index contributed by atoms with van der Waals surface area (Å²) in [5.74, 6) is -0.495. The van der Waals surface area contributed by atoms with Crippen molar-refractivity contribution in [3.8, 4) is 5.75 Å². The molecule has 10 heteroatoms. The molecular weight excluding hydrogens is 622 g/mol. The number of methoxy groups -OCH3 is 1. The molecule has 4 aromatic carbocycles. The first kappa shape index (κ1) is 34.5. The molecule has 0 saturated carbocycles. The molecule has 0 heterocycles. The third-order valence-corrected chi connectivity index (χ3v) is 9.65. The molecule has 0 radical (unpaired) electrons. The van der Waals surface area contributed by atoms with Crippen LogP contribution >= 0.6 is 11.6 Å². The van der Waals surface area contributed by atoms with Crippen molar-refractivity contribution < 1.29 is 22.7 Å². The highest BCUT2D eigenvalue weighted by Gasteiger charge is 2.34. The van der Waals surface area contributed by atoms with Crippen LogP contribution < -0.4 is 14.4 Å². The second-order valence-electron chi connectivity index (χ2n) is 11.2. The molecular formula is C36H40ClN3O5S. The van der Waals surface area contributed by atoms with E-state index in [9.17, 15) is 18.0 Å². The summed E-state index contributed by atoms with van der Waals surface area (Å²) in [6.45, 7) is 5.73. The van der Waals surface area contributed by atoms with Gasteiger partial charge < -0.3 is 15.0 Å². The van der Waals surface area contributed by atoms with Crippen LogP contribution in [0.5, 0.6) is 5.75 Å². The summed E-state index contributed by atoms with van der Waals surface area (Å²) < 4.78 is 34.7. The van der Waals surface area contributed by atoms with Crippen LogP contribution in [0.25, 0.3) is 0 Å². The first-order chi connectivity index (χ1) is 22.0. The van der Waals surface area contributed by atoms with Gasteiger partial charge in [-0.1, -0.05) is 96.4 Å². The summed E-state index contributed by atoms with van der Waals surface area (Å²) in [5, 5.41) is 3.14. The topological polar surface area (TPSA) is 96.0 Å². The fourth-order valence-corrected chi connectivity index (χ4v) is 6.76. The number of anilines is 1. The van der Waals surface area contributed by atoms with Crippen LogP contribution in [-0.4, -0.2) is 51.4 Å². The van der Waals surface area contributed by atoms with Crippen molar-refractivity contribution >= 4 is 39.1 Å². The molecule has 0 aliphatic rings. The Bertz CT molecular complexity index is 1750. The molecule has 0 aromatic heterocycles. The average molecular weight is 662 g/mol. The van der Waals surface area contributed by atoms with E-state index >= 15 is 0 Å². The van der Waals surface area contributed by atoms with Crippen molar-refractivity contribution in [2.24, 2.45) is 0 Å². The molecule has 0 bridgehead atoms. The lowest BCUT2D eigenvalue weighted by molar-refractivity contribution is -0.140. The first-order valence-corrected chi connectivity index (χ1v) is 16.9. The van der Waals surface area contributed by atoms with E-state index in [1.807, 2.05) is 75.4 Å². The highest BCUT2D eigenvalue weighted by Crippen LogP contribution is 2.32. The number of carbonyl (C=O) groups is 2. The predicted molar refractivity (Wildman–Crippen MR) is 183 cm³/mol. The number of aryl methyl sites for hydroxylation is 2. The lowest BCUT2D eigenvalue weighted by atomic mass is 10.0. The molecule has 1 atom stereocenters. The van der Waals surface area contributed by atoms with Crippen LogP contribution in [0.4, 0.5) is 5.69 Å². The molecule has 1 N–H and O–H groups in total. The quantitative estimate of drug-likeness (QED) is 0.171. The van der Waals surface area contributed by atoms with Crippen molar-refractivity contribution in [1.29, 1.82) is 0 Å². The van der Waals surface area contributed by atoms with Gasteiger partial charge >= 0.3 is 0 Å². The zero-order valence-electron chi connectivity index (χ0n) is 26.6. The molecule has 0 saturated heterocycles. The van der Waals surface area contributed by atoms with E-state index in [-0.39, 0.29) is 34.5 Å². The van der Waals surface area contributed by atoms with E-state index in [4.69, 9.17) is 16.3 Å². The van der Waals surface area contributed by atoms with Crippen molar-refractivity contribution in [3.63, 3.8) is 0 Å². The Kier molecular flexibility index (Phi) is 11.8. The van der Waals surface area contributed by atoms with E-state index in [2.05, 4.69) is 5.32 Å². The fourth-order valence-electron chi connectivity index (χ4n) is 5.10. The number of nitrogens with zero attached hydrogens (tertiary/aromatic N) is 2. The normalized spacial score (nSPS) is 11.8. The van der Waals surface area contributed by atoms with Crippen molar-refractivity contribution in [2.45, 2.75) is 51.1 Å². The Morgan fingerprint density at radius 2 is 1.57 bits per heavy atom. The average Bonchev–Trinajstić information content (AvgIpc) is 3.04. The number of amides is 2. The lowest BCUT2D eigenvalue weighted by Gasteiger charge is -2.34. The van der Waals surface area contributed by atoms with Gasteiger partial charge in [0.25, 0.3) is 10.0 Å². The maximum atomic E-state index is 14.5. The molecule has 0 aliphatic heterocycles. The Hall–Kier alpha value is -4.34. The van der Waals surface area contributed by atoms with E-state index in [1.165, 1.54) is 30.2 Å². The molecule has 0 aliphatic carbocycles. The first-order valence-electron chi connectivity index (χ1n) is 15.1. The van der Waals surface area contributed by atoms with Gasteiger partial charge in [0.1, 0.15) is 18.3 Å². The minimum Gasteiger partial charge on any atom is -0.495 e. The van der Waals surface area contributed by atoms with Crippen LogP contribution in [0, 0.1) is 13.8 Å². The number of nitrogens with one attached hydrogen (secondary N) is 1. The molecule has 46 heavy (non-hydrogen) atoms. The SMILES string of the molecule is CCCNC(=O)[C@H](Cc1ccccc1)N(Cc1cccc(C)c1)C(=O)CN(c1ccc(OC)c(Cl)c1)S(=O)(=O)c1ccc(C)cc1. The standard InChI is InChI=1S/C36H40ClN3O5S/c1-5-20-38-36(42)33(22-28-11-7-6-8-12-28)39(24-29-13-9-10-27(3)21-29)35(41)25-40(30-16-19-34(45-4)32(37)23-30)46(43,44)31-17-14-26(2)15-18-31/h6-19,21,23,33H,5,20,22,24-25H2,1-4H3,(H,38,42)/t33-/m0/s1. The summed E-state index contributed by atoms with van der Waals surface area (Å²) in [7, 11) is -2.79. The van der Waals surface area contributed by atoms with Gasteiger partial charge in [0.15, 0.2) is 0 Å². The van der Waals surface area contributed by atoms with Gasteiger partial charge in [-0.3, -0.25) is 13.9 Å². The van der Waals surface area contributed by atoms with E-state index in [0.29, 0.717) is 12.3 Å². The number of carbonyl (C=O) groups excluding carboxylic acids is 2. The maximum Gasteiger partial charge on any atom is 0.264 e. The van der Waals surface area contributed by atoms with E-state index in [1.54, 1.807) is 24.3 Å². The van der Waals surface area contributed by atoms with Gasteiger partial charge in [0, 0.05) is 19.5 Å². The smallest absolute Gasteiger partial charge is 0.264 e. The lowest BCUT2D eigenvalue weighted by Crippen LogP contribution is -2.53. The molecule has 0 fully saturated rings. The zero-order chi connectivity index (χ0) is 33.3. The molecule has 8 nitrogen and oxygen atoms in total. The van der Waals surface area contributed by atoms with Gasteiger partial charge in [0.05, 0.1) is 22.7 Å². The van der Waals surface area contributed by atoms with Gasteiger partial charge in [-0.15, -0.1) is 0 Å². The van der Waals surface area contributed by atoms with Crippen LogP contribution in [0.15, 0.2) is 102 Å². The molecule has 4 aromatic rings. The Morgan fingerprint density at radius 3 is 2.20 bits per heavy atom. The second kappa shape index (κ2) is 15.8. The van der Waals surface area contributed by atoms with Gasteiger partial charge in [-0.2, -0.15) is 0 Å². The van der Waals surface area contributed by atoms with E-state index < -0.39 is 28.5 Å². The third kappa shape index (κ3) is 8.68. The van der Waals surface area contributed by atoms with Gasteiger partial charge in [0.2, 0.25) is 11.8 Å². The van der Waals surface area contributed by atoms with Crippen molar-refractivity contribution in [3.05, 3.63) is 124 Å². The predicted octanol–water partition coefficient (Wildman–Crippen LogP) is 6.33. The van der Waals surface area contributed by atoms with Gasteiger partial charge in [-0.05, 0) is 61.7 Å². The molecule has 2 amide bonds. The number of hydrogen-bond donors (Lipinski definition) is 1. The summed E-state index contributed by atoms with van der Waals surface area (Å²) in [6, 6.07) is 27.2. The van der Waals surface area contributed by atoms with Gasteiger partial charge in [-0.25, -0.2) is 8.42 Å². The van der Waals surface area contributed by atoms with Crippen LogP contribution in [0.2, 0.25) is 5.02 Å². The highest BCUT2D eigenvalue weighted by atomic mass is 35.5. The van der Waals surface area contributed by atoms with Crippen molar-refractivity contribution in [1.82, 2.24) is 10.2 Å². The maximum absolute atomic E-state index is 14.5. The Morgan fingerprint density at radius 1 is 0.870 bits per heavy atom. The molecule has 4 rings (SSSR count). The Labute approximate surface area is 277 Å². The molecule has 242 valence electrons. The fraction of sp³-hybridized carbons (Fsp3) is 0.278. The summed E-state index contributed by atoms with van der Waals surface area (Å²) in [5.41, 5.74) is 3.75. The number of benzene rings is 4. The molecule has 0 spiro atoms. The zero-order valence-corrected chi connectivity index (χ0v) is 28.1. The summed E-state index contributed by atoms with van der Waals surface area (Å²) >= 11 is 6.45. The number of hydrogen-bond acceptors (Lipinski definition) is 5. The van der Waals surface area contributed by atoms with Crippen molar-refractivity contribution in [2.75, 3.05) is 24.5 Å². The largest absolute Gasteiger partial charge is 0.495 e. The third-order valence-electron chi connectivity index (χ3n) is 7.57. The minimum absolute atomic E-state index is 0.0181. The minimum atomic E-state index is -4.25. The monoisotopic (exact) mass is 661 g/mol. The number of rotatable bonds is 14. The second-order valence-corrected chi connectivity index (χ2v) is 13.4. The molecule has 0 unspecified atom stereocenters. The van der Waals surface area contributed by atoms with E-state index in [0.717, 1.165) is 33.0 Å². The highest BCUT2D eigenvalue weighted by molar-refractivity contribution is 7.92. The number of ether oxygens (including phenoxy) is 1. The van der Waals surface area contributed by atoms with Crippen LogP contribution in [0.1, 0.15) is 35.6 Å². The summed E-state index contributed by atoms with van der Waals surface area (Å²) in [6.07, 6.45) is 0.962. The Balaban J connectivity index is 1.82. The number of sulfonamides is 1. The van der Waals surface area contributed by atoms with Crippen LogP contribution in [-0.2, 0) is 32.6 Å². The van der Waals surface area contributed by atoms with Crippen LogP contribution in [0.3, 0.4) is 0 Å².